The van der Waals surface area contributed by atoms with E-state index in [1.54, 1.807) is 11.0 Å². The van der Waals surface area contributed by atoms with Crippen LogP contribution >= 0.6 is 0 Å². The summed E-state index contributed by atoms with van der Waals surface area (Å²) in [7, 11) is 1.88. The SMILES string of the molecule is Cn1cnc(Cn2cncc2C2CCNC2)n1. The van der Waals surface area contributed by atoms with Gasteiger partial charge in [0.25, 0.3) is 0 Å². The molecule has 6 heteroatoms. The molecule has 0 amide bonds. The van der Waals surface area contributed by atoms with Crippen LogP contribution in [0.15, 0.2) is 18.9 Å². The van der Waals surface area contributed by atoms with E-state index in [1.165, 1.54) is 12.1 Å². The van der Waals surface area contributed by atoms with Crippen molar-refractivity contribution in [3.05, 3.63) is 30.4 Å². The number of imidazole rings is 1. The average Bonchev–Trinajstić information content (AvgIpc) is 3.00. The maximum absolute atomic E-state index is 4.29. The molecule has 0 saturated carbocycles. The molecule has 0 spiro atoms. The summed E-state index contributed by atoms with van der Waals surface area (Å²) in [6.45, 7) is 2.84. The van der Waals surface area contributed by atoms with Gasteiger partial charge in [-0.25, -0.2) is 9.97 Å². The van der Waals surface area contributed by atoms with Crippen molar-refractivity contribution in [2.24, 2.45) is 7.05 Å². The Morgan fingerprint density at radius 1 is 1.47 bits per heavy atom. The summed E-state index contributed by atoms with van der Waals surface area (Å²) >= 11 is 0. The number of nitrogens with zero attached hydrogens (tertiary/aromatic N) is 5. The first-order chi connectivity index (χ1) is 8.33. The van der Waals surface area contributed by atoms with Gasteiger partial charge in [-0.1, -0.05) is 0 Å². The predicted octanol–water partition coefficient (Wildman–Crippen LogP) is 0.137. The third kappa shape index (κ3) is 2.08. The fraction of sp³-hybridized carbons (Fsp3) is 0.545. The van der Waals surface area contributed by atoms with Crippen LogP contribution < -0.4 is 5.32 Å². The summed E-state index contributed by atoms with van der Waals surface area (Å²) in [6.07, 6.45) is 6.73. The van der Waals surface area contributed by atoms with Gasteiger partial charge < -0.3 is 9.88 Å². The van der Waals surface area contributed by atoms with Gasteiger partial charge in [-0.3, -0.25) is 4.68 Å². The Hall–Kier alpha value is -1.69. The van der Waals surface area contributed by atoms with E-state index in [2.05, 4.69) is 25.0 Å². The highest BCUT2D eigenvalue weighted by atomic mass is 15.3. The van der Waals surface area contributed by atoms with E-state index in [-0.39, 0.29) is 0 Å². The van der Waals surface area contributed by atoms with Crippen LogP contribution in [-0.4, -0.2) is 37.4 Å². The Bertz CT molecular complexity index is 494. The second-order valence-corrected chi connectivity index (χ2v) is 4.47. The highest BCUT2D eigenvalue weighted by Crippen LogP contribution is 2.22. The zero-order valence-electron chi connectivity index (χ0n) is 9.87. The fourth-order valence-corrected chi connectivity index (χ4v) is 2.32. The minimum absolute atomic E-state index is 0.571. The van der Waals surface area contributed by atoms with Gasteiger partial charge >= 0.3 is 0 Å². The van der Waals surface area contributed by atoms with E-state index in [1.807, 2.05) is 19.6 Å². The lowest BCUT2D eigenvalue weighted by Crippen LogP contribution is -2.12. The van der Waals surface area contributed by atoms with E-state index < -0.39 is 0 Å². The highest BCUT2D eigenvalue weighted by molar-refractivity contribution is 5.10. The number of hydrogen-bond acceptors (Lipinski definition) is 4. The van der Waals surface area contributed by atoms with Crippen molar-refractivity contribution in [3.8, 4) is 0 Å². The van der Waals surface area contributed by atoms with Crippen molar-refractivity contribution in [1.29, 1.82) is 0 Å². The fourth-order valence-electron chi connectivity index (χ4n) is 2.32. The molecule has 1 fully saturated rings. The maximum atomic E-state index is 4.29. The van der Waals surface area contributed by atoms with Crippen molar-refractivity contribution in [2.75, 3.05) is 13.1 Å². The zero-order valence-corrected chi connectivity index (χ0v) is 9.87. The molecular weight excluding hydrogens is 216 g/mol. The minimum Gasteiger partial charge on any atom is -0.327 e. The van der Waals surface area contributed by atoms with Crippen LogP contribution in [0.1, 0.15) is 23.9 Å². The standard InChI is InChI=1S/C11H16N6/c1-16-8-14-11(15-16)6-17-7-13-5-10(17)9-2-3-12-4-9/h5,7-9,12H,2-4,6H2,1H3. The first-order valence-electron chi connectivity index (χ1n) is 5.88. The summed E-state index contributed by atoms with van der Waals surface area (Å²) in [4.78, 5) is 8.49. The monoisotopic (exact) mass is 232 g/mol. The molecule has 1 unspecified atom stereocenters. The Morgan fingerprint density at radius 3 is 3.12 bits per heavy atom. The zero-order chi connectivity index (χ0) is 11.7. The summed E-state index contributed by atoms with van der Waals surface area (Å²) in [5, 5.41) is 7.67. The topological polar surface area (TPSA) is 60.6 Å². The lowest BCUT2D eigenvalue weighted by Gasteiger charge is -2.11. The molecule has 0 radical (unpaired) electrons. The van der Waals surface area contributed by atoms with Gasteiger partial charge in [0.05, 0.1) is 12.9 Å². The van der Waals surface area contributed by atoms with Gasteiger partial charge in [-0.05, 0) is 13.0 Å². The lowest BCUT2D eigenvalue weighted by molar-refractivity contribution is 0.632. The molecule has 3 rings (SSSR count). The van der Waals surface area contributed by atoms with Crippen molar-refractivity contribution in [3.63, 3.8) is 0 Å². The second kappa shape index (κ2) is 4.29. The number of nitrogens with one attached hydrogen (secondary N) is 1. The van der Waals surface area contributed by atoms with Crippen LogP contribution in [0.5, 0.6) is 0 Å². The molecule has 6 nitrogen and oxygen atoms in total. The summed E-state index contributed by atoms with van der Waals surface area (Å²) in [5.74, 6) is 1.40. The van der Waals surface area contributed by atoms with E-state index in [0.29, 0.717) is 12.5 Å². The van der Waals surface area contributed by atoms with Crippen LogP contribution in [0, 0.1) is 0 Å². The Morgan fingerprint density at radius 2 is 2.41 bits per heavy atom. The smallest absolute Gasteiger partial charge is 0.170 e. The second-order valence-electron chi connectivity index (χ2n) is 4.47. The van der Waals surface area contributed by atoms with Crippen molar-refractivity contribution < 1.29 is 0 Å². The number of rotatable bonds is 3. The van der Waals surface area contributed by atoms with Crippen LogP contribution in [0.25, 0.3) is 0 Å². The highest BCUT2D eigenvalue weighted by Gasteiger charge is 2.20. The van der Waals surface area contributed by atoms with Gasteiger partial charge in [0, 0.05) is 31.4 Å². The van der Waals surface area contributed by atoms with Crippen molar-refractivity contribution >= 4 is 0 Å². The molecule has 1 atom stereocenters. The van der Waals surface area contributed by atoms with E-state index in [4.69, 9.17) is 0 Å². The predicted molar refractivity (Wildman–Crippen MR) is 62.6 cm³/mol. The van der Waals surface area contributed by atoms with Crippen molar-refractivity contribution in [2.45, 2.75) is 18.9 Å². The first-order valence-corrected chi connectivity index (χ1v) is 5.88. The first kappa shape index (κ1) is 10.5. The largest absolute Gasteiger partial charge is 0.327 e. The molecule has 0 bridgehead atoms. The molecule has 3 heterocycles. The normalized spacial score (nSPS) is 19.9. The molecule has 1 saturated heterocycles. The molecule has 0 aromatic carbocycles. The quantitative estimate of drug-likeness (QED) is 0.817. The van der Waals surface area contributed by atoms with Crippen LogP contribution in [0.4, 0.5) is 0 Å². The molecule has 1 aliphatic heterocycles. The number of aryl methyl sites for hydroxylation is 1. The van der Waals surface area contributed by atoms with Gasteiger partial charge in [0.15, 0.2) is 5.82 Å². The molecule has 0 aliphatic carbocycles. The van der Waals surface area contributed by atoms with Gasteiger partial charge in [-0.15, -0.1) is 0 Å². The van der Waals surface area contributed by atoms with Gasteiger partial charge in [-0.2, -0.15) is 5.10 Å². The molecule has 2 aromatic rings. The lowest BCUT2D eigenvalue weighted by atomic mass is 10.1. The van der Waals surface area contributed by atoms with E-state index in [0.717, 1.165) is 18.9 Å². The molecule has 1 aliphatic rings. The Balaban J connectivity index is 1.81. The third-order valence-corrected chi connectivity index (χ3v) is 3.18. The molecule has 17 heavy (non-hydrogen) atoms. The third-order valence-electron chi connectivity index (χ3n) is 3.18. The van der Waals surface area contributed by atoms with Gasteiger partial charge in [0.2, 0.25) is 0 Å². The molecule has 90 valence electrons. The van der Waals surface area contributed by atoms with Crippen LogP contribution in [-0.2, 0) is 13.6 Å². The Labute approximate surface area is 99.7 Å². The van der Waals surface area contributed by atoms with Crippen LogP contribution in [0.3, 0.4) is 0 Å². The maximum Gasteiger partial charge on any atom is 0.170 e. The minimum atomic E-state index is 0.571. The van der Waals surface area contributed by atoms with Crippen molar-refractivity contribution in [1.82, 2.24) is 29.6 Å². The van der Waals surface area contributed by atoms with E-state index >= 15 is 0 Å². The van der Waals surface area contributed by atoms with Gasteiger partial charge in [0.1, 0.15) is 6.33 Å². The molecule has 1 N–H and O–H groups in total. The van der Waals surface area contributed by atoms with Crippen LogP contribution in [0.2, 0.25) is 0 Å². The average molecular weight is 232 g/mol. The molecule has 2 aromatic heterocycles. The van der Waals surface area contributed by atoms with E-state index in [9.17, 15) is 0 Å². The summed E-state index contributed by atoms with van der Waals surface area (Å²) in [5.41, 5.74) is 1.28. The molecular formula is C11H16N6. The number of hydrogen-bond donors (Lipinski definition) is 1. The Kier molecular flexibility index (Phi) is 2.64. The number of aromatic nitrogens is 5. The summed E-state index contributed by atoms with van der Waals surface area (Å²) < 4.78 is 3.87. The summed E-state index contributed by atoms with van der Waals surface area (Å²) in [6, 6.07) is 0.